The topological polar surface area (TPSA) is 62.2 Å². The van der Waals surface area contributed by atoms with Crippen LogP contribution >= 0.6 is 0 Å². The number of aliphatic carboxylic acids is 1. The minimum atomic E-state index is -0.899. The summed E-state index contributed by atoms with van der Waals surface area (Å²) in [6.45, 7) is 0.242. The van der Waals surface area contributed by atoms with Crippen LogP contribution < -0.4 is 5.32 Å². The number of hydrogen-bond donors (Lipinski definition) is 2. The van der Waals surface area contributed by atoms with Gasteiger partial charge in [-0.2, -0.15) is 4.39 Å². The van der Waals surface area contributed by atoms with Gasteiger partial charge in [0.05, 0.1) is 6.42 Å². The molecule has 1 rings (SSSR count). The predicted molar refractivity (Wildman–Crippen MR) is 44.9 cm³/mol. The van der Waals surface area contributed by atoms with Crippen molar-refractivity contribution in [2.24, 2.45) is 0 Å². The Bertz CT molecular complexity index is 304. The zero-order valence-electron chi connectivity index (χ0n) is 6.83. The van der Waals surface area contributed by atoms with Crippen LogP contribution in [0, 0.1) is 5.95 Å². The molecule has 0 aromatic carbocycles. The summed E-state index contributed by atoms with van der Waals surface area (Å²) in [5.41, 5.74) is 0. The number of hydrogen-bond acceptors (Lipinski definition) is 3. The van der Waals surface area contributed by atoms with Gasteiger partial charge in [0.2, 0.25) is 5.95 Å². The molecule has 0 radical (unpaired) electrons. The van der Waals surface area contributed by atoms with Crippen LogP contribution in [0.3, 0.4) is 0 Å². The third kappa shape index (κ3) is 3.50. The van der Waals surface area contributed by atoms with E-state index in [2.05, 4.69) is 10.3 Å². The Hall–Kier alpha value is -1.65. The van der Waals surface area contributed by atoms with Gasteiger partial charge >= 0.3 is 5.97 Å². The number of nitrogens with zero attached hydrogens (tertiary/aromatic N) is 1. The van der Waals surface area contributed by atoms with Gasteiger partial charge < -0.3 is 10.4 Å². The molecule has 0 fully saturated rings. The van der Waals surface area contributed by atoms with E-state index in [1.54, 1.807) is 6.07 Å². The van der Waals surface area contributed by atoms with Crippen LogP contribution in [0.2, 0.25) is 0 Å². The first-order chi connectivity index (χ1) is 6.18. The molecule has 0 atom stereocenters. The molecule has 0 aliphatic carbocycles. The highest BCUT2D eigenvalue weighted by Gasteiger charge is 1.98. The molecule has 0 aliphatic rings. The molecule has 13 heavy (non-hydrogen) atoms. The van der Waals surface area contributed by atoms with E-state index in [1.165, 1.54) is 12.1 Å². The number of anilines is 1. The van der Waals surface area contributed by atoms with E-state index < -0.39 is 11.9 Å². The normalized spacial score (nSPS) is 9.62. The molecular weight excluding hydrogens is 175 g/mol. The number of carboxylic acids is 1. The SMILES string of the molecule is O=C(O)CCNc1cccc(F)n1. The van der Waals surface area contributed by atoms with Crippen LogP contribution in [-0.4, -0.2) is 22.6 Å². The summed E-state index contributed by atoms with van der Waals surface area (Å²) >= 11 is 0. The van der Waals surface area contributed by atoms with E-state index >= 15 is 0 Å². The minimum Gasteiger partial charge on any atom is -0.481 e. The lowest BCUT2D eigenvalue weighted by Gasteiger charge is -2.02. The van der Waals surface area contributed by atoms with Crippen LogP contribution in [-0.2, 0) is 4.79 Å². The summed E-state index contributed by atoms with van der Waals surface area (Å²) in [6.07, 6.45) is -0.0157. The van der Waals surface area contributed by atoms with Crippen LogP contribution in [0.15, 0.2) is 18.2 Å². The van der Waals surface area contributed by atoms with Gasteiger partial charge in [-0.3, -0.25) is 4.79 Å². The Morgan fingerprint density at radius 3 is 3.00 bits per heavy atom. The average Bonchev–Trinajstić information content (AvgIpc) is 2.03. The molecule has 5 heteroatoms. The average molecular weight is 184 g/mol. The summed E-state index contributed by atoms with van der Waals surface area (Å²) in [5, 5.41) is 11.0. The van der Waals surface area contributed by atoms with Crippen molar-refractivity contribution in [1.29, 1.82) is 0 Å². The summed E-state index contributed by atoms with van der Waals surface area (Å²) in [4.78, 5) is 13.6. The lowest BCUT2D eigenvalue weighted by Crippen LogP contribution is -2.08. The van der Waals surface area contributed by atoms with Crippen LogP contribution in [0.25, 0.3) is 0 Å². The van der Waals surface area contributed by atoms with Crippen molar-refractivity contribution in [3.8, 4) is 0 Å². The van der Waals surface area contributed by atoms with Gasteiger partial charge in [-0.1, -0.05) is 6.07 Å². The predicted octanol–water partition coefficient (Wildman–Crippen LogP) is 1.11. The molecule has 0 unspecified atom stereocenters. The minimum absolute atomic E-state index is 0.0157. The smallest absolute Gasteiger partial charge is 0.305 e. The van der Waals surface area contributed by atoms with Crippen LogP contribution in [0.4, 0.5) is 10.2 Å². The fourth-order valence-electron chi connectivity index (χ4n) is 0.804. The van der Waals surface area contributed by atoms with E-state index in [9.17, 15) is 9.18 Å². The quantitative estimate of drug-likeness (QED) is 0.688. The number of pyridine rings is 1. The first-order valence-electron chi connectivity index (χ1n) is 3.77. The fourth-order valence-corrected chi connectivity index (χ4v) is 0.804. The molecule has 1 aromatic heterocycles. The molecule has 4 nitrogen and oxygen atoms in total. The molecule has 0 spiro atoms. The molecule has 0 aliphatic heterocycles. The second-order valence-corrected chi connectivity index (χ2v) is 2.42. The first-order valence-corrected chi connectivity index (χ1v) is 3.77. The van der Waals surface area contributed by atoms with Gasteiger partial charge in [-0.05, 0) is 12.1 Å². The Kier molecular flexibility index (Phi) is 3.19. The summed E-state index contributed by atoms with van der Waals surface area (Å²) in [6, 6.07) is 4.30. The lowest BCUT2D eigenvalue weighted by atomic mass is 10.4. The van der Waals surface area contributed by atoms with E-state index in [4.69, 9.17) is 5.11 Å². The summed E-state index contributed by atoms with van der Waals surface area (Å²) in [7, 11) is 0. The summed E-state index contributed by atoms with van der Waals surface area (Å²) in [5.74, 6) is -1.13. The van der Waals surface area contributed by atoms with Crippen LogP contribution in [0.1, 0.15) is 6.42 Å². The third-order valence-electron chi connectivity index (χ3n) is 1.36. The second-order valence-electron chi connectivity index (χ2n) is 2.42. The summed E-state index contributed by atoms with van der Waals surface area (Å²) < 4.78 is 12.5. The molecule has 0 amide bonds. The number of carbonyl (C=O) groups is 1. The van der Waals surface area contributed by atoms with E-state index in [-0.39, 0.29) is 13.0 Å². The fraction of sp³-hybridized carbons (Fsp3) is 0.250. The van der Waals surface area contributed by atoms with Crippen LogP contribution in [0.5, 0.6) is 0 Å². The highest BCUT2D eigenvalue weighted by Crippen LogP contribution is 2.02. The van der Waals surface area contributed by atoms with Crippen molar-refractivity contribution in [2.45, 2.75) is 6.42 Å². The van der Waals surface area contributed by atoms with Gasteiger partial charge in [0, 0.05) is 6.54 Å². The maximum Gasteiger partial charge on any atom is 0.305 e. The number of aromatic nitrogens is 1. The first kappa shape index (κ1) is 9.44. The van der Waals surface area contributed by atoms with Gasteiger partial charge in [0.1, 0.15) is 5.82 Å². The molecule has 0 bridgehead atoms. The standard InChI is InChI=1S/C8H9FN2O2/c9-6-2-1-3-7(11-6)10-5-4-8(12)13/h1-3H,4-5H2,(H,10,11)(H,12,13). The zero-order valence-corrected chi connectivity index (χ0v) is 6.83. The van der Waals surface area contributed by atoms with Gasteiger partial charge in [0.25, 0.3) is 0 Å². The van der Waals surface area contributed by atoms with Gasteiger partial charge in [0.15, 0.2) is 0 Å². The van der Waals surface area contributed by atoms with Crippen molar-refractivity contribution >= 4 is 11.8 Å². The van der Waals surface area contributed by atoms with E-state index in [1.807, 2.05) is 0 Å². The number of carboxylic acid groups (broad SMARTS) is 1. The molecule has 1 aromatic rings. The van der Waals surface area contributed by atoms with Crippen molar-refractivity contribution < 1.29 is 14.3 Å². The molecule has 70 valence electrons. The highest BCUT2D eigenvalue weighted by atomic mass is 19.1. The van der Waals surface area contributed by atoms with E-state index in [0.717, 1.165) is 0 Å². The maximum absolute atomic E-state index is 12.5. The third-order valence-corrected chi connectivity index (χ3v) is 1.36. The second kappa shape index (κ2) is 4.39. The van der Waals surface area contributed by atoms with Crippen molar-refractivity contribution in [2.75, 3.05) is 11.9 Å². The molecule has 0 saturated carbocycles. The Balaban J connectivity index is 2.41. The zero-order chi connectivity index (χ0) is 9.68. The van der Waals surface area contributed by atoms with Gasteiger partial charge in [-0.15, -0.1) is 0 Å². The number of nitrogens with one attached hydrogen (secondary N) is 1. The van der Waals surface area contributed by atoms with E-state index in [0.29, 0.717) is 5.82 Å². The Morgan fingerprint density at radius 1 is 1.62 bits per heavy atom. The molecule has 2 N–H and O–H groups in total. The molecular formula is C8H9FN2O2. The Labute approximate surface area is 74.4 Å². The monoisotopic (exact) mass is 184 g/mol. The molecule has 1 heterocycles. The number of halogens is 1. The lowest BCUT2D eigenvalue weighted by molar-refractivity contribution is -0.136. The number of rotatable bonds is 4. The molecule has 0 saturated heterocycles. The highest BCUT2D eigenvalue weighted by molar-refractivity contribution is 5.67. The van der Waals surface area contributed by atoms with Crippen molar-refractivity contribution in [3.63, 3.8) is 0 Å². The van der Waals surface area contributed by atoms with Crippen molar-refractivity contribution in [1.82, 2.24) is 4.98 Å². The maximum atomic E-state index is 12.5. The van der Waals surface area contributed by atoms with Crippen molar-refractivity contribution in [3.05, 3.63) is 24.1 Å². The van der Waals surface area contributed by atoms with Gasteiger partial charge in [-0.25, -0.2) is 4.98 Å². The Morgan fingerprint density at radius 2 is 2.38 bits per heavy atom. The largest absolute Gasteiger partial charge is 0.481 e.